The van der Waals surface area contributed by atoms with Crippen molar-refractivity contribution in [2.75, 3.05) is 11.1 Å². The number of nitrogens with zero attached hydrogens (tertiary/aromatic N) is 5. The number of rotatable bonds is 5. The van der Waals surface area contributed by atoms with Gasteiger partial charge < -0.3 is 9.84 Å². The minimum Gasteiger partial charge on any atom is -0.360 e. The number of amides is 1. The van der Waals surface area contributed by atoms with E-state index in [9.17, 15) is 4.79 Å². The molecule has 31 heavy (non-hydrogen) atoms. The van der Waals surface area contributed by atoms with Crippen LogP contribution >= 0.6 is 23.1 Å². The molecule has 4 heterocycles. The zero-order chi connectivity index (χ0) is 21.1. The average Bonchev–Trinajstić information content (AvgIpc) is 3.21. The van der Waals surface area contributed by atoms with E-state index in [-0.39, 0.29) is 11.7 Å². The molecule has 0 aromatic carbocycles. The van der Waals surface area contributed by atoms with E-state index in [2.05, 4.69) is 32.0 Å². The predicted molar refractivity (Wildman–Crippen MR) is 120 cm³/mol. The van der Waals surface area contributed by atoms with E-state index >= 15 is 0 Å². The number of carbonyl (C=O) groups excluding carboxylic acids is 1. The van der Waals surface area contributed by atoms with Gasteiger partial charge in [-0.3, -0.25) is 9.20 Å². The normalized spacial score (nSPS) is 18.6. The van der Waals surface area contributed by atoms with Crippen LogP contribution in [0.3, 0.4) is 0 Å². The Labute approximate surface area is 186 Å². The Hall–Kier alpha value is -2.46. The van der Waals surface area contributed by atoms with Crippen LogP contribution in [0.15, 0.2) is 15.7 Å². The van der Waals surface area contributed by atoms with Gasteiger partial charge in [-0.25, -0.2) is 4.98 Å². The molecule has 8 nitrogen and oxygen atoms in total. The fourth-order valence-corrected chi connectivity index (χ4v) is 6.41. The fraction of sp³-hybridized carbons (Fsp3) is 0.476. The quantitative estimate of drug-likeness (QED) is 0.447. The molecular weight excluding hydrogens is 432 g/mol. The van der Waals surface area contributed by atoms with Gasteiger partial charge in [-0.1, -0.05) is 23.8 Å². The van der Waals surface area contributed by atoms with Crippen LogP contribution in [-0.4, -0.2) is 36.4 Å². The Kier molecular flexibility index (Phi) is 4.53. The van der Waals surface area contributed by atoms with E-state index < -0.39 is 0 Å². The molecule has 0 radical (unpaired) electrons. The van der Waals surface area contributed by atoms with E-state index in [1.165, 1.54) is 28.6 Å². The Morgan fingerprint density at radius 3 is 3.00 bits per heavy atom. The van der Waals surface area contributed by atoms with Crippen LogP contribution in [0, 0.1) is 12.8 Å². The number of aromatic nitrogens is 5. The second-order valence-corrected chi connectivity index (χ2v) is 10.6. The van der Waals surface area contributed by atoms with Crippen LogP contribution in [0.1, 0.15) is 54.1 Å². The summed E-state index contributed by atoms with van der Waals surface area (Å²) in [5.74, 6) is 3.35. The van der Waals surface area contributed by atoms with Gasteiger partial charge in [-0.05, 0) is 50.5 Å². The molecular formula is C21H22N6O2S2. The van der Waals surface area contributed by atoms with Crippen molar-refractivity contribution in [3.8, 4) is 0 Å². The number of hydrogen-bond donors (Lipinski definition) is 1. The number of carbonyl (C=O) groups is 1. The molecule has 0 bridgehead atoms. The van der Waals surface area contributed by atoms with Gasteiger partial charge in [0.2, 0.25) is 5.91 Å². The summed E-state index contributed by atoms with van der Waals surface area (Å²) in [6.07, 6.45) is 5.69. The highest BCUT2D eigenvalue weighted by Gasteiger charge is 2.32. The number of anilines is 1. The maximum absolute atomic E-state index is 12.4. The minimum absolute atomic E-state index is 0.154. The largest absolute Gasteiger partial charge is 0.360 e. The van der Waals surface area contributed by atoms with Crippen molar-refractivity contribution in [3.05, 3.63) is 28.1 Å². The monoisotopic (exact) mass is 454 g/mol. The van der Waals surface area contributed by atoms with Gasteiger partial charge in [0.05, 0.1) is 11.1 Å². The Bertz CT molecular complexity index is 1320. The number of thiophene rings is 1. The molecule has 2 aliphatic carbocycles. The van der Waals surface area contributed by atoms with Gasteiger partial charge in [0.25, 0.3) is 0 Å². The molecule has 6 rings (SSSR count). The van der Waals surface area contributed by atoms with Gasteiger partial charge in [0, 0.05) is 16.9 Å². The lowest BCUT2D eigenvalue weighted by molar-refractivity contribution is -0.113. The van der Waals surface area contributed by atoms with Gasteiger partial charge >= 0.3 is 0 Å². The van der Waals surface area contributed by atoms with Crippen molar-refractivity contribution < 1.29 is 9.32 Å². The third-order valence-corrected chi connectivity index (χ3v) is 8.04. The van der Waals surface area contributed by atoms with E-state index in [1.807, 2.05) is 11.3 Å². The molecule has 0 aliphatic heterocycles. The summed E-state index contributed by atoms with van der Waals surface area (Å²) in [5, 5.41) is 17.5. The van der Waals surface area contributed by atoms with Gasteiger partial charge in [-0.2, -0.15) is 0 Å². The van der Waals surface area contributed by atoms with Gasteiger partial charge in [0.1, 0.15) is 16.4 Å². The molecule has 1 amide bonds. The molecule has 1 N–H and O–H groups in total. The average molecular weight is 455 g/mol. The van der Waals surface area contributed by atoms with Gasteiger partial charge in [0.15, 0.2) is 16.6 Å². The van der Waals surface area contributed by atoms with Crippen molar-refractivity contribution in [1.82, 2.24) is 24.7 Å². The second kappa shape index (κ2) is 7.30. The maximum atomic E-state index is 12.4. The first-order valence-electron chi connectivity index (χ1n) is 10.6. The van der Waals surface area contributed by atoms with Crippen molar-refractivity contribution in [2.24, 2.45) is 5.92 Å². The predicted octanol–water partition coefficient (Wildman–Crippen LogP) is 4.37. The second-order valence-electron chi connectivity index (χ2n) is 8.58. The molecule has 1 saturated carbocycles. The SMILES string of the molecule is Cc1cc(NC(=O)CSc2nnc3c4c5c(sc4nc(C4CC4)n23)C[C@H](C)CC5)no1. The number of thioether (sulfide) groups is 1. The molecule has 2 aliphatic rings. The van der Waals surface area contributed by atoms with Crippen LogP contribution in [-0.2, 0) is 17.6 Å². The van der Waals surface area contributed by atoms with Crippen LogP contribution in [0.5, 0.6) is 0 Å². The van der Waals surface area contributed by atoms with Crippen LogP contribution in [0.4, 0.5) is 5.82 Å². The zero-order valence-electron chi connectivity index (χ0n) is 17.3. The molecule has 1 fully saturated rings. The molecule has 160 valence electrons. The topological polar surface area (TPSA) is 98.2 Å². The highest BCUT2D eigenvalue weighted by atomic mass is 32.2. The maximum Gasteiger partial charge on any atom is 0.236 e. The van der Waals surface area contributed by atoms with Crippen LogP contribution in [0.2, 0.25) is 0 Å². The first-order chi connectivity index (χ1) is 15.1. The first kappa shape index (κ1) is 19.2. The summed E-state index contributed by atoms with van der Waals surface area (Å²) in [4.78, 5) is 20.0. The number of aryl methyl sites for hydroxylation is 2. The first-order valence-corrected chi connectivity index (χ1v) is 12.4. The van der Waals surface area contributed by atoms with E-state index in [0.717, 1.165) is 58.4 Å². The summed E-state index contributed by atoms with van der Waals surface area (Å²) in [5.41, 5.74) is 2.30. The van der Waals surface area contributed by atoms with E-state index in [4.69, 9.17) is 9.51 Å². The third kappa shape index (κ3) is 3.41. The molecule has 1 atom stereocenters. The summed E-state index contributed by atoms with van der Waals surface area (Å²) in [6.45, 7) is 4.11. The molecule has 0 spiro atoms. The number of hydrogen-bond acceptors (Lipinski definition) is 8. The molecule has 10 heteroatoms. The molecule has 0 unspecified atom stereocenters. The third-order valence-electron chi connectivity index (χ3n) is 5.97. The smallest absolute Gasteiger partial charge is 0.236 e. The Morgan fingerprint density at radius 2 is 2.23 bits per heavy atom. The minimum atomic E-state index is -0.154. The lowest BCUT2D eigenvalue weighted by Gasteiger charge is -2.17. The molecule has 4 aromatic heterocycles. The highest BCUT2D eigenvalue weighted by molar-refractivity contribution is 7.99. The lowest BCUT2D eigenvalue weighted by Crippen LogP contribution is -2.14. The number of nitrogens with one attached hydrogen (secondary N) is 1. The zero-order valence-corrected chi connectivity index (χ0v) is 19.0. The summed E-state index contributed by atoms with van der Waals surface area (Å²) >= 11 is 3.21. The van der Waals surface area contributed by atoms with Crippen molar-refractivity contribution in [2.45, 2.75) is 57.0 Å². The summed E-state index contributed by atoms with van der Waals surface area (Å²) in [6, 6.07) is 1.70. The lowest BCUT2D eigenvalue weighted by atomic mass is 9.89. The fourth-order valence-electron chi connectivity index (χ4n) is 4.28. The van der Waals surface area contributed by atoms with Gasteiger partial charge in [-0.15, -0.1) is 21.5 Å². The van der Waals surface area contributed by atoms with Crippen molar-refractivity contribution >= 4 is 50.7 Å². The number of fused-ring (bicyclic) bond motifs is 5. The van der Waals surface area contributed by atoms with E-state index in [0.29, 0.717) is 17.5 Å². The van der Waals surface area contributed by atoms with E-state index in [1.54, 1.807) is 13.0 Å². The molecule has 0 saturated heterocycles. The summed E-state index contributed by atoms with van der Waals surface area (Å²) in [7, 11) is 0. The molecule has 4 aromatic rings. The van der Waals surface area contributed by atoms with Crippen LogP contribution in [0.25, 0.3) is 15.9 Å². The Morgan fingerprint density at radius 1 is 1.35 bits per heavy atom. The van der Waals surface area contributed by atoms with Crippen molar-refractivity contribution in [1.29, 1.82) is 0 Å². The van der Waals surface area contributed by atoms with Crippen LogP contribution < -0.4 is 5.32 Å². The van der Waals surface area contributed by atoms with Crippen molar-refractivity contribution in [3.63, 3.8) is 0 Å². The highest BCUT2D eigenvalue weighted by Crippen LogP contribution is 2.44. The summed E-state index contributed by atoms with van der Waals surface area (Å²) < 4.78 is 7.10. The Balaban J connectivity index is 1.36. The standard InChI is InChI=1S/C21H22N6O2S2/c1-10-3-6-13-14(7-10)31-20-17(13)19-24-25-21(27(19)18(23-20)12-4-5-12)30-9-16(28)22-15-8-11(2)29-26-15/h8,10,12H,3-7,9H2,1-2H3,(H,22,26,28)/t10-/m1/s1.